The lowest BCUT2D eigenvalue weighted by Crippen LogP contribution is -2.39. The van der Waals surface area contributed by atoms with Crippen molar-refractivity contribution in [3.05, 3.63) is 52.8 Å². The van der Waals surface area contributed by atoms with Crippen molar-refractivity contribution in [3.8, 4) is 0 Å². The lowest BCUT2D eigenvalue weighted by molar-refractivity contribution is 0.0677. The van der Waals surface area contributed by atoms with Gasteiger partial charge in [-0.15, -0.1) is 0 Å². The van der Waals surface area contributed by atoms with Crippen LogP contribution in [0.15, 0.2) is 36.5 Å². The van der Waals surface area contributed by atoms with Crippen molar-refractivity contribution in [1.29, 1.82) is 0 Å². The number of aromatic nitrogens is 2. The van der Waals surface area contributed by atoms with Gasteiger partial charge in [0.15, 0.2) is 0 Å². The highest BCUT2D eigenvalue weighted by atomic mass is 35.5. The van der Waals surface area contributed by atoms with E-state index in [1.807, 2.05) is 29.2 Å². The topological polar surface area (TPSA) is 58.1 Å². The van der Waals surface area contributed by atoms with E-state index in [-0.39, 0.29) is 5.91 Å². The molecule has 0 radical (unpaired) electrons. The van der Waals surface area contributed by atoms with Crippen molar-refractivity contribution in [3.63, 3.8) is 0 Å². The maximum absolute atomic E-state index is 12.6. The number of likely N-dealkylation sites (tertiary alicyclic amines) is 1. The normalized spacial score (nSPS) is 17.4. The molecule has 1 amide bonds. The van der Waals surface area contributed by atoms with E-state index in [0.29, 0.717) is 24.1 Å². The fraction of sp³-hybridized carbons (Fsp3) is 0.421. The van der Waals surface area contributed by atoms with Crippen molar-refractivity contribution in [2.45, 2.75) is 26.2 Å². The van der Waals surface area contributed by atoms with Crippen LogP contribution in [-0.2, 0) is 6.42 Å². The Morgan fingerprint density at radius 2 is 2.12 bits per heavy atom. The molecule has 132 valence electrons. The number of nitrogens with one attached hydrogen (secondary N) is 1. The minimum atomic E-state index is -0.00491. The number of benzene rings is 1. The van der Waals surface area contributed by atoms with E-state index in [9.17, 15) is 4.79 Å². The second-order valence-corrected chi connectivity index (χ2v) is 7.00. The highest BCUT2D eigenvalue weighted by Gasteiger charge is 2.23. The van der Waals surface area contributed by atoms with Gasteiger partial charge in [-0.1, -0.05) is 30.7 Å². The molecule has 1 N–H and O–H groups in total. The fourth-order valence-corrected chi connectivity index (χ4v) is 3.19. The molecule has 0 aliphatic carbocycles. The average Bonchev–Trinajstić information content (AvgIpc) is 2.63. The third-order valence-electron chi connectivity index (χ3n) is 4.43. The summed E-state index contributed by atoms with van der Waals surface area (Å²) in [5.74, 6) is 1.04. The van der Waals surface area contributed by atoms with Crippen molar-refractivity contribution in [2.24, 2.45) is 5.92 Å². The molecule has 1 aliphatic rings. The van der Waals surface area contributed by atoms with Crippen molar-refractivity contribution in [1.82, 2.24) is 14.9 Å². The highest BCUT2D eigenvalue weighted by Crippen LogP contribution is 2.17. The Morgan fingerprint density at radius 3 is 2.88 bits per heavy atom. The highest BCUT2D eigenvalue weighted by molar-refractivity contribution is 6.30. The summed E-state index contributed by atoms with van der Waals surface area (Å²) in [5, 5.41) is 3.92. The molecule has 1 aliphatic heterocycles. The molecule has 2 aromatic rings. The maximum atomic E-state index is 12.6. The number of amides is 1. The molecule has 6 heteroatoms. The van der Waals surface area contributed by atoms with Gasteiger partial charge in [-0.05, 0) is 48.9 Å². The van der Waals surface area contributed by atoms with Crippen LogP contribution >= 0.6 is 11.6 Å². The van der Waals surface area contributed by atoms with E-state index in [0.717, 1.165) is 31.0 Å². The van der Waals surface area contributed by atoms with Crippen LogP contribution in [0.2, 0.25) is 5.02 Å². The Morgan fingerprint density at radius 1 is 1.32 bits per heavy atom. The zero-order valence-corrected chi connectivity index (χ0v) is 15.2. The standard InChI is InChI=1S/C19H23ClN4O/c1-14-3-2-12-24(13-14)18(25)17-9-11-22-19(23-17)21-10-8-15-4-6-16(20)7-5-15/h4-7,9,11,14H,2-3,8,10,12-13H2,1H3,(H,21,22,23). The predicted molar refractivity (Wildman–Crippen MR) is 100.0 cm³/mol. The minimum absolute atomic E-state index is 0.00491. The van der Waals surface area contributed by atoms with Gasteiger partial charge < -0.3 is 10.2 Å². The van der Waals surface area contributed by atoms with Gasteiger partial charge in [0, 0.05) is 30.9 Å². The van der Waals surface area contributed by atoms with Gasteiger partial charge in [0.2, 0.25) is 5.95 Å². The molecule has 0 spiro atoms. The second kappa shape index (κ2) is 8.30. The Hall–Kier alpha value is -2.14. The third kappa shape index (κ3) is 4.92. The molecule has 1 aromatic heterocycles. The van der Waals surface area contributed by atoms with E-state index in [1.54, 1.807) is 12.3 Å². The van der Waals surface area contributed by atoms with Gasteiger partial charge in [-0.2, -0.15) is 0 Å². The summed E-state index contributed by atoms with van der Waals surface area (Å²) in [5.41, 5.74) is 1.64. The van der Waals surface area contributed by atoms with Gasteiger partial charge in [-0.3, -0.25) is 4.79 Å². The number of piperidine rings is 1. The minimum Gasteiger partial charge on any atom is -0.354 e. The molecule has 0 saturated carbocycles. The molecule has 1 unspecified atom stereocenters. The van der Waals surface area contributed by atoms with E-state index < -0.39 is 0 Å². The quantitative estimate of drug-likeness (QED) is 0.886. The van der Waals surface area contributed by atoms with Crippen LogP contribution in [-0.4, -0.2) is 40.4 Å². The lowest BCUT2D eigenvalue weighted by Gasteiger charge is -2.30. The molecule has 1 saturated heterocycles. The third-order valence-corrected chi connectivity index (χ3v) is 4.68. The lowest BCUT2D eigenvalue weighted by atomic mass is 10.00. The summed E-state index contributed by atoms with van der Waals surface area (Å²) in [7, 11) is 0. The number of anilines is 1. The number of nitrogens with zero attached hydrogens (tertiary/aromatic N) is 3. The zero-order chi connectivity index (χ0) is 17.6. The van der Waals surface area contributed by atoms with Crippen LogP contribution in [0.1, 0.15) is 35.8 Å². The largest absolute Gasteiger partial charge is 0.354 e. The van der Waals surface area contributed by atoms with Crippen LogP contribution in [0.5, 0.6) is 0 Å². The summed E-state index contributed by atoms with van der Waals surface area (Å²) in [4.78, 5) is 23.1. The van der Waals surface area contributed by atoms with Crippen molar-refractivity contribution < 1.29 is 4.79 Å². The predicted octanol–water partition coefficient (Wildman–Crippen LogP) is 3.66. The monoisotopic (exact) mass is 358 g/mol. The number of carbonyl (C=O) groups is 1. The van der Waals surface area contributed by atoms with Gasteiger partial charge in [0.25, 0.3) is 5.91 Å². The summed E-state index contributed by atoms with van der Waals surface area (Å²) in [6, 6.07) is 9.45. The second-order valence-electron chi connectivity index (χ2n) is 6.57. The average molecular weight is 359 g/mol. The number of rotatable bonds is 5. The molecule has 1 aromatic carbocycles. The molecular formula is C19H23ClN4O. The van der Waals surface area contributed by atoms with Gasteiger partial charge >= 0.3 is 0 Å². The molecule has 1 fully saturated rings. The summed E-state index contributed by atoms with van der Waals surface area (Å²) >= 11 is 5.89. The van der Waals surface area contributed by atoms with Gasteiger partial charge in [-0.25, -0.2) is 9.97 Å². The molecule has 2 heterocycles. The van der Waals surface area contributed by atoms with Gasteiger partial charge in [0.1, 0.15) is 5.69 Å². The number of carbonyl (C=O) groups excluding carboxylic acids is 1. The van der Waals surface area contributed by atoms with E-state index in [1.165, 1.54) is 12.0 Å². The zero-order valence-electron chi connectivity index (χ0n) is 14.4. The first-order chi connectivity index (χ1) is 12.1. The summed E-state index contributed by atoms with van der Waals surface area (Å²) in [6.07, 6.45) is 4.72. The van der Waals surface area contributed by atoms with Crippen LogP contribution in [0, 0.1) is 5.92 Å². The number of hydrogen-bond donors (Lipinski definition) is 1. The summed E-state index contributed by atoms with van der Waals surface area (Å²) in [6.45, 7) is 4.50. The number of halogens is 1. The van der Waals surface area contributed by atoms with Crippen LogP contribution in [0.3, 0.4) is 0 Å². The molecular weight excluding hydrogens is 336 g/mol. The van der Waals surface area contributed by atoms with Crippen LogP contribution in [0.4, 0.5) is 5.95 Å². The van der Waals surface area contributed by atoms with Crippen molar-refractivity contribution in [2.75, 3.05) is 25.0 Å². The molecule has 5 nitrogen and oxygen atoms in total. The van der Waals surface area contributed by atoms with Crippen LogP contribution in [0.25, 0.3) is 0 Å². The van der Waals surface area contributed by atoms with E-state index >= 15 is 0 Å². The summed E-state index contributed by atoms with van der Waals surface area (Å²) < 4.78 is 0. The Labute approximate surface area is 153 Å². The van der Waals surface area contributed by atoms with Crippen molar-refractivity contribution >= 4 is 23.5 Å². The van der Waals surface area contributed by atoms with Gasteiger partial charge in [0.05, 0.1) is 0 Å². The maximum Gasteiger partial charge on any atom is 0.272 e. The Balaban J connectivity index is 1.57. The van der Waals surface area contributed by atoms with Crippen LogP contribution < -0.4 is 5.32 Å². The molecule has 25 heavy (non-hydrogen) atoms. The van der Waals surface area contributed by atoms with E-state index in [2.05, 4.69) is 22.2 Å². The SMILES string of the molecule is CC1CCCN(C(=O)c2ccnc(NCCc3ccc(Cl)cc3)n2)C1. The first kappa shape index (κ1) is 17.7. The molecule has 3 rings (SSSR count). The first-order valence-electron chi connectivity index (χ1n) is 8.72. The smallest absolute Gasteiger partial charge is 0.272 e. The Kier molecular flexibility index (Phi) is 5.87. The Bertz CT molecular complexity index is 720. The first-order valence-corrected chi connectivity index (χ1v) is 9.10. The molecule has 1 atom stereocenters. The fourth-order valence-electron chi connectivity index (χ4n) is 3.07. The number of hydrogen-bond acceptors (Lipinski definition) is 4. The van der Waals surface area contributed by atoms with E-state index in [4.69, 9.17) is 11.6 Å². The molecule has 0 bridgehead atoms.